The minimum atomic E-state index is 0.711. The zero-order valence-electron chi connectivity index (χ0n) is 9.93. The van der Waals surface area contributed by atoms with Crippen LogP contribution in [0, 0.1) is 0 Å². The van der Waals surface area contributed by atoms with Crippen LogP contribution in [0.4, 0.5) is 0 Å². The van der Waals surface area contributed by atoms with Crippen LogP contribution in [0.1, 0.15) is 38.5 Å². The molecular weight excluding hydrogens is 218 g/mol. The molecule has 1 aliphatic rings. The Bertz CT molecular complexity index is 238. The van der Waals surface area contributed by atoms with Gasteiger partial charge in [-0.1, -0.05) is 11.6 Å². The summed E-state index contributed by atoms with van der Waals surface area (Å²) in [7, 11) is 0. The zero-order valence-corrected chi connectivity index (χ0v) is 10.7. The van der Waals surface area contributed by atoms with Crippen molar-refractivity contribution in [3.8, 4) is 0 Å². The molecule has 0 aliphatic heterocycles. The third-order valence-electron chi connectivity index (χ3n) is 2.78. The topological polar surface area (TPSA) is 50.1 Å². The molecule has 0 radical (unpaired) electrons. The fourth-order valence-electron chi connectivity index (χ4n) is 1.83. The van der Waals surface area contributed by atoms with Gasteiger partial charge in [0.15, 0.2) is 5.11 Å². The Morgan fingerprint density at radius 2 is 2.12 bits per heavy atom. The smallest absolute Gasteiger partial charge is 0.166 e. The average molecular weight is 241 g/mol. The normalized spacial score (nSPS) is 15.4. The Hall–Kier alpha value is -0.610. The Morgan fingerprint density at radius 3 is 2.81 bits per heavy atom. The Balaban J connectivity index is 2.01. The van der Waals surface area contributed by atoms with Crippen LogP contribution in [0.2, 0.25) is 0 Å². The molecule has 0 aromatic rings. The summed E-state index contributed by atoms with van der Waals surface area (Å²) in [6, 6.07) is 0. The van der Waals surface area contributed by atoms with Crippen molar-refractivity contribution in [2.75, 3.05) is 19.6 Å². The highest BCUT2D eigenvalue weighted by molar-refractivity contribution is 7.80. The maximum atomic E-state index is 5.40. The Morgan fingerprint density at radius 1 is 1.31 bits per heavy atom. The van der Waals surface area contributed by atoms with Crippen molar-refractivity contribution in [3.05, 3.63) is 11.6 Å². The molecule has 1 aliphatic carbocycles. The molecule has 92 valence electrons. The standard InChI is InChI=1S/C12H23N3S/c13-8-4-9-14-12(16)15-10-7-11-5-2-1-3-6-11/h5H,1-4,6-10,13H2,(H2,14,15,16). The first-order valence-electron chi connectivity index (χ1n) is 6.22. The number of thiocarbonyl (C=S) groups is 1. The first kappa shape index (κ1) is 13.5. The van der Waals surface area contributed by atoms with Crippen LogP contribution in [-0.2, 0) is 0 Å². The molecule has 4 N–H and O–H groups in total. The van der Waals surface area contributed by atoms with E-state index in [1.807, 2.05) is 0 Å². The average Bonchev–Trinajstić information content (AvgIpc) is 2.31. The molecule has 3 nitrogen and oxygen atoms in total. The van der Waals surface area contributed by atoms with Crippen molar-refractivity contribution in [1.29, 1.82) is 0 Å². The van der Waals surface area contributed by atoms with Crippen molar-refractivity contribution in [3.63, 3.8) is 0 Å². The van der Waals surface area contributed by atoms with Gasteiger partial charge in [-0.15, -0.1) is 0 Å². The predicted octanol–water partition coefficient (Wildman–Crippen LogP) is 1.69. The van der Waals surface area contributed by atoms with Gasteiger partial charge < -0.3 is 16.4 Å². The van der Waals surface area contributed by atoms with E-state index in [9.17, 15) is 0 Å². The van der Waals surface area contributed by atoms with Crippen molar-refractivity contribution in [2.45, 2.75) is 38.5 Å². The lowest BCUT2D eigenvalue weighted by molar-refractivity contribution is 0.666. The van der Waals surface area contributed by atoms with Crippen LogP contribution in [0.15, 0.2) is 11.6 Å². The third kappa shape index (κ3) is 6.08. The molecule has 16 heavy (non-hydrogen) atoms. The second-order valence-electron chi connectivity index (χ2n) is 4.18. The van der Waals surface area contributed by atoms with Gasteiger partial charge in [-0.25, -0.2) is 0 Å². The molecule has 0 fully saturated rings. The molecule has 0 saturated heterocycles. The number of nitrogens with two attached hydrogens (primary N) is 1. The van der Waals surface area contributed by atoms with Gasteiger partial charge in [0.05, 0.1) is 0 Å². The van der Waals surface area contributed by atoms with Gasteiger partial charge in [-0.05, 0) is 57.3 Å². The second kappa shape index (κ2) is 8.53. The van der Waals surface area contributed by atoms with Gasteiger partial charge >= 0.3 is 0 Å². The molecule has 4 heteroatoms. The lowest BCUT2D eigenvalue weighted by atomic mass is 9.97. The highest BCUT2D eigenvalue weighted by atomic mass is 32.1. The van der Waals surface area contributed by atoms with E-state index >= 15 is 0 Å². The summed E-state index contributed by atoms with van der Waals surface area (Å²) < 4.78 is 0. The van der Waals surface area contributed by atoms with E-state index in [4.69, 9.17) is 18.0 Å². The van der Waals surface area contributed by atoms with Crippen molar-refractivity contribution < 1.29 is 0 Å². The Kier molecular flexibility index (Phi) is 7.17. The largest absolute Gasteiger partial charge is 0.363 e. The summed E-state index contributed by atoms with van der Waals surface area (Å²) in [5.74, 6) is 0. The van der Waals surface area contributed by atoms with E-state index in [0.29, 0.717) is 6.54 Å². The SMILES string of the molecule is NCCCNC(=S)NCCC1=CCCCC1. The molecule has 0 aromatic heterocycles. The van der Waals surface area contributed by atoms with Crippen molar-refractivity contribution in [1.82, 2.24) is 10.6 Å². The van der Waals surface area contributed by atoms with Crippen molar-refractivity contribution >= 4 is 17.3 Å². The van der Waals surface area contributed by atoms with Crippen molar-refractivity contribution in [2.24, 2.45) is 5.73 Å². The molecular formula is C12H23N3S. The molecule has 0 unspecified atom stereocenters. The highest BCUT2D eigenvalue weighted by Gasteiger charge is 2.03. The van der Waals surface area contributed by atoms with E-state index < -0.39 is 0 Å². The number of hydrogen-bond acceptors (Lipinski definition) is 2. The van der Waals surface area contributed by atoms with E-state index in [-0.39, 0.29) is 0 Å². The fourth-order valence-corrected chi connectivity index (χ4v) is 2.04. The number of hydrogen-bond donors (Lipinski definition) is 3. The van der Waals surface area contributed by atoms with E-state index in [0.717, 1.165) is 31.0 Å². The van der Waals surface area contributed by atoms with E-state index in [2.05, 4.69) is 16.7 Å². The summed E-state index contributed by atoms with van der Waals surface area (Å²) in [6.45, 7) is 2.52. The molecule has 0 aromatic carbocycles. The second-order valence-corrected chi connectivity index (χ2v) is 4.59. The van der Waals surface area contributed by atoms with Crippen LogP contribution in [0.3, 0.4) is 0 Å². The quantitative estimate of drug-likeness (QED) is 0.376. The van der Waals surface area contributed by atoms with Gasteiger partial charge in [0.2, 0.25) is 0 Å². The summed E-state index contributed by atoms with van der Waals surface area (Å²) in [6.07, 6.45) is 9.71. The number of nitrogens with one attached hydrogen (secondary N) is 2. The first-order valence-corrected chi connectivity index (χ1v) is 6.63. The highest BCUT2D eigenvalue weighted by Crippen LogP contribution is 2.19. The first-order chi connectivity index (χ1) is 7.83. The van der Waals surface area contributed by atoms with Gasteiger partial charge in [0.25, 0.3) is 0 Å². The van der Waals surface area contributed by atoms with Crippen LogP contribution >= 0.6 is 12.2 Å². The lowest BCUT2D eigenvalue weighted by Crippen LogP contribution is -2.36. The lowest BCUT2D eigenvalue weighted by Gasteiger charge is -2.14. The zero-order chi connectivity index (χ0) is 11.6. The van der Waals surface area contributed by atoms with Crippen LogP contribution in [0.25, 0.3) is 0 Å². The van der Waals surface area contributed by atoms with Gasteiger partial charge in [0, 0.05) is 13.1 Å². The molecule has 1 rings (SSSR count). The van der Waals surface area contributed by atoms with Crippen LogP contribution < -0.4 is 16.4 Å². The van der Waals surface area contributed by atoms with Crippen LogP contribution in [-0.4, -0.2) is 24.7 Å². The van der Waals surface area contributed by atoms with Gasteiger partial charge in [0.1, 0.15) is 0 Å². The minimum Gasteiger partial charge on any atom is -0.363 e. The number of allylic oxidation sites excluding steroid dienone is 1. The summed E-state index contributed by atoms with van der Waals surface area (Å²) in [5, 5.41) is 7.12. The molecule has 0 heterocycles. The Labute approximate surface area is 104 Å². The molecule has 0 amide bonds. The summed E-state index contributed by atoms with van der Waals surface area (Å²) >= 11 is 5.15. The van der Waals surface area contributed by atoms with Gasteiger partial charge in [-0.2, -0.15) is 0 Å². The van der Waals surface area contributed by atoms with E-state index in [1.54, 1.807) is 5.57 Å². The molecule has 0 atom stereocenters. The molecule has 0 spiro atoms. The maximum absolute atomic E-state index is 5.40. The molecule has 0 saturated carbocycles. The van der Waals surface area contributed by atoms with E-state index in [1.165, 1.54) is 25.7 Å². The van der Waals surface area contributed by atoms with Crippen LogP contribution in [0.5, 0.6) is 0 Å². The summed E-state index contributed by atoms with van der Waals surface area (Å²) in [5.41, 5.74) is 6.99. The van der Waals surface area contributed by atoms with Gasteiger partial charge in [-0.3, -0.25) is 0 Å². The fraction of sp³-hybridized carbons (Fsp3) is 0.750. The third-order valence-corrected chi connectivity index (χ3v) is 3.07. The maximum Gasteiger partial charge on any atom is 0.166 e. The number of rotatable bonds is 6. The minimum absolute atomic E-state index is 0.711. The predicted molar refractivity (Wildman–Crippen MR) is 73.4 cm³/mol. The molecule has 0 bridgehead atoms. The summed E-state index contributed by atoms with van der Waals surface area (Å²) in [4.78, 5) is 0. The monoisotopic (exact) mass is 241 g/mol.